The van der Waals surface area contributed by atoms with Crippen LogP contribution in [-0.4, -0.2) is 45.5 Å². The summed E-state index contributed by atoms with van der Waals surface area (Å²) in [6, 6.07) is 14.4. The molecule has 0 aromatic heterocycles. The van der Waals surface area contributed by atoms with Crippen molar-refractivity contribution in [1.82, 2.24) is 5.32 Å². The molecule has 3 rings (SSSR count). The number of fused-ring (bicyclic) bond motifs is 1. The van der Waals surface area contributed by atoms with Crippen LogP contribution >= 0.6 is 23.4 Å². The van der Waals surface area contributed by atoms with Crippen LogP contribution < -0.4 is 14.4 Å². The van der Waals surface area contributed by atoms with Crippen molar-refractivity contribution in [3.05, 3.63) is 59.1 Å². The molecule has 0 aliphatic carbocycles. The normalized spacial score (nSPS) is 16.2. The molecule has 0 fully saturated rings. The number of hydrogen-bond donors (Lipinski definition) is 1. The number of sulfonamides is 1. The molecule has 0 bridgehead atoms. The second-order valence-corrected chi connectivity index (χ2v) is 9.72. The van der Waals surface area contributed by atoms with E-state index in [4.69, 9.17) is 16.3 Å². The van der Waals surface area contributed by atoms with Gasteiger partial charge in [-0.15, -0.1) is 0 Å². The van der Waals surface area contributed by atoms with Crippen molar-refractivity contribution in [3.8, 4) is 5.75 Å². The van der Waals surface area contributed by atoms with Crippen molar-refractivity contribution in [2.45, 2.75) is 11.9 Å². The molecule has 0 radical (unpaired) electrons. The van der Waals surface area contributed by atoms with Gasteiger partial charge in [0.1, 0.15) is 5.75 Å². The first-order chi connectivity index (χ1) is 13.4. The fraction of sp³-hybridized carbons (Fsp3) is 0.316. The number of para-hydroxylation sites is 2. The van der Waals surface area contributed by atoms with E-state index in [-0.39, 0.29) is 12.5 Å². The Hall–Kier alpha value is -1.90. The third-order valence-corrected chi connectivity index (χ3v) is 6.71. The van der Waals surface area contributed by atoms with E-state index in [1.165, 1.54) is 4.31 Å². The lowest BCUT2D eigenvalue weighted by Crippen LogP contribution is -2.50. The van der Waals surface area contributed by atoms with Gasteiger partial charge in [0.25, 0.3) is 5.91 Å². The molecule has 1 aliphatic heterocycles. The van der Waals surface area contributed by atoms with Gasteiger partial charge in [0.15, 0.2) is 6.10 Å². The molecule has 1 amide bonds. The molecule has 6 nitrogen and oxygen atoms in total. The minimum absolute atomic E-state index is 0.0472. The number of rotatable bonds is 7. The summed E-state index contributed by atoms with van der Waals surface area (Å²) in [5.41, 5.74) is 1.50. The van der Waals surface area contributed by atoms with Gasteiger partial charge in [0, 0.05) is 23.1 Å². The Labute approximate surface area is 174 Å². The van der Waals surface area contributed by atoms with Crippen molar-refractivity contribution in [3.63, 3.8) is 0 Å². The Balaban J connectivity index is 1.53. The first-order valence-corrected chi connectivity index (χ1v) is 12.1. The Kier molecular flexibility index (Phi) is 6.74. The number of thioether (sulfide) groups is 1. The van der Waals surface area contributed by atoms with Crippen LogP contribution in [-0.2, 0) is 20.6 Å². The second kappa shape index (κ2) is 9.07. The van der Waals surface area contributed by atoms with E-state index in [0.717, 1.165) is 22.6 Å². The van der Waals surface area contributed by atoms with Gasteiger partial charge >= 0.3 is 0 Å². The maximum Gasteiger partial charge on any atom is 0.263 e. The van der Waals surface area contributed by atoms with Gasteiger partial charge in [-0.1, -0.05) is 41.9 Å². The Morgan fingerprint density at radius 1 is 1.25 bits per heavy atom. The molecule has 1 aliphatic rings. The van der Waals surface area contributed by atoms with Gasteiger partial charge in [0.2, 0.25) is 10.0 Å². The van der Waals surface area contributed by atoms with Crippen LogP contribution in [0.3, 0.4) is 0 Å². The third-order valence-electron chi connectivity index (χ3n) is 4.19. The number of ether oxygens (including phenoxy) is 1. The zero-order valence-electron chi connectivity index (χ0n) is 15.3. The quantitative estimate of drug-likeness (QED) is 0.670. The monoisotopic (exact) mass is 440 g/mol. The zero-order chi connectivity index (χ0) is 20.1. The number of carbonyl (C=O) groups excluding carboxylic acids is 1. The molecule has 0 spiro atoms. The van der Waals surface area contributed by atoms with Gasteiger partial charge in [-0.3, -0.25) is 9.10 Å². The molecule has 1 heterocycles. The number of hydrogen-bond acceptors (Lipinski definition) is 5. The van der Waals surface area contributed by atoms with Gasteiger partial charge in [-0.05, 0) is 23.8 Å². The molecule has 28 heavy (non-hydrogen) atoms. The first kappa shape index (κ1) is 20.8. The molecular formula is C19H21ClN2O4S2. The minimum Gasteiger partial charge on any atom is -0.476 e. The average molecular weight is 441 g/mol. The summed E-state index contributed by atoms with van der Waals surface area (Å²) in [6.45, 7) is 0.406. The maximum absolute atomic E-state index is 12.5. The van der Waals surface area contributed by atoms with Gasteiger partial charge < -0.3 is 10.1 Å². The number of amides is 1. The molecule has 0 saturated carbocycles. The van der Waals surface area contributed by atoms with Gasteiger partial charge in [-0.25, -0.2) is 8.42 Å². The van der Waals surface area contributed by atoms with Crippen LogP contribution in [0.5, 0.6) is 5.75 Å². The van der Waals surface area contributed by atoms with Crippen molar-refractivity contribution in [2.24, 2.45) is 0 Å². The Bertz CT molecular complexity index is 952. The van der Waals surface area contributed by atoms with E-state index < -0.39 is 16.1 Å². The van der Waals surface area contributed by atoms with Crippen LogP contribution in [0, 0.1) is 0 Å². The average Bonchev–Trinajstić information content (AvgIpc) is 2.67. The number of halogens is 1. The number of benzene rings is 2. The van der Waals surface area contributed by atoms with Crippen LogP contribution in [0.15, 0.2) is 48.5 Å². The van der Waals surface area contributed by atoms with E-state index in [0.29, 0.717) is 23.7 Å². The summed E-state index contributed by atoms with van der Waals surface area (Å²) in [5.74, 6) is 1.51. The van der Waals surface area contributed by atoms with Crippen LogP contribution in [0.25, 0.3) is 0 Å². The Morgan fingerprint density at radius 3 is 2.71 bits per heavy atom. The van der Waals surface area contributed by atoms with E-state index in [2.05, 4.69) is 5.32 Å². The number of carbonyl (C=O) groups is 1. The van der Waals surface area contributed by atoms with Gasteiger partial charge in [0.05, 0.1) is 18.5 Å². The lowest BCUT2D eigenvalue weighted by atomic mass is 10.2. The molecule has 150 valence electrons. The summed E-state index contributed by atoms with van der Waals surface area (Å²) in [7, 11) is -3.51. The SMILES string of the molecule is CS(=O)(=O)N1CC(C(=O)NCCSCc2ccccc2Cl)Oc2ccccc21. The van der Waals surface area contributed by atoms with Crippen LogP contribution in [0.4, 0.5) is 5.69 Å². The van der Waals surface area contributed by atoms with E-state index in [1.54, 1.807) is 36.0 Å². The molecule has 1 unspecified atom stereocenters. The fourth-order valence-electron chi connectivity index (χ4n) is 2.81. The number of anilines is 1. The van der Waals surface area contributed by atoms with Crippen molar-refractivity contribution in [2.75, 3.05) is 29.4 Å². The number of nitrogens with zero attached hydrogens (tertiary/aromatic N) is 1. The Morgan fingerprint density at radius 2 is 1.96 bits per heavy atom. The standard InChI is InChI=1S/C19H21ClN2O4S2/c1-28(24,25)22-12-18(26-17-9-5-4-8-16(17)22)19(23)21-10-11-27-13-14-6-2-3-7-15(14)20/h2-9,18H,10-13H2,1H3,(H,21,23). The molecule has 2 aromatic carbocycles. The van der Waals surface area contributed by atoms with E-state index >= 15 is 0 Å². The molecule has 2 aromatic rings. The molecule has 1 N–H and O–H groups in total. The smallest absolute Gasteiger partial charge is 0.263 e. The molecule has 9 heteroatoms. The topological polar surface area (TPSA) is 75.7 Å². The highest BCUT2D eigenvalue weighted by atomic mass is 35.5. The minimum atomic E-state index is -3.51. The summed E-state index contributed by atoms with van der Waals surface area (Å²) >= 11 is 7.78. The molecule has 1 atom stereocenters. The van der Waals surface area contributed by atoms with Gasteiger partial charge in [-0.2, -0.15) is 11.8 Å². The highest BCUT2D eigenvalue weighted by Gasteiger charge is 2.34. The molecular weight excluding hydrogens is 420 g/mol. The first-order valence-electron chi connectivity index (χ1n) is 8.68. The predicted molar refractivity (Wildman–Crippen MR) is 114 cm³/mol. The van der Waals surface area contributed by atoms with E-state index in [9.17, 15) is 13.2 Å². The van der Waals surface area contributed by atoms with Crippen molar-refractivity contribution < 1.29 is 17.9 Å². The summed E-state index contributed by atoms with van der Waals surface area (Å²) in [5, 5.41) is 3.55. The third kappa shape index (κ3) is 5.12. The predicted octanol–water partition coefficient (Wildman–Crippen LogP) is 2.92. The van der Waals surface area contributed by atoms with E-state index in [1.807, 2.05) is 24.3 Å². The highest BCUT2D eigenvalue weighted by Crippen LogP contribution is 2.34. The largest absolute Gasteiger partial charge is 0.476 e. The summed E-state index contributed by atoms with van der Waals surface area (Å²) in [4.78, 5) is 12.5. The van der Waals surface area contributed by atoms with Crippen LogP contribution in [0.2, 0.25) is 5.02 Å². The van der Waals surface area contributed by atoms with Crippen molar-refractivity contribution >= 4 is 45.0 Å². The zero-order valence-corrected chi connectivity index (χ0v) is 17.7. The fourth-order valence-corrected chi connectivity index (χ4v) is 4.87. The second-order valence-electron chi connectivity index (χ2n) is 6.30. The highest BCUT2D eigenvalue weighted by molar-refractivity contribution is 7.98. The van der Waals surface area contributed by atoms with Crippen LogP contribution in [0.1, 0.15) is 5.56 Å². The maximum atomic E-state index is 12.5. The van der Waals surface area contributed by atoms with Crippen molar-refractivity contribution in [1.29, 1.82) is 0 Å². The summed E-state index contributed by atoms with van der Waals surface area (Å²) in [6.07, 6.45) is 0.230. The number of nitrogens with one attached hydrogen (secondary N) is 1. The lowest BCUT2D eigenvalue weighted by Gasteiger charge is -2.33. The lowest BCUT2D eigenvalue weighted by molar-refractivity contribution is -0.127. The summed E-state index contributed by atoms with van der Waals surface area (Å²) < 4.78 is 31.1. The molecule has 0 saturated heterocycles.